The molecule has 1 aromatic heterocycles. The predicted octanol–water partition coefficient (Wildman–Crippen LogP) is -1.07. The molecule has 10 nitrogen and oxygen atoms in total. The highest BCUT2D eigenvalue weighted by Crippen LogP contribution is 2.27. The average Bonchev–Trinajstić information content (AvgIpc) is 3.10. The first-order valence-corrected chi connectivity index (χ1v) is 7.65. The number of aliphatic hydroxyl groups is 3. The number of benzene rings is 1. The number of aliphatic hydroxyl groups excluding tert-OH is 3. The summed E-state index contributed by atoms with van der Waals surface area (Å²) in [4.78, 5) is 12.2. The second-order valence-corrected chi connectivity index (χ2v) is 5.65. The summed E-state index contributed by atoms with van der Waals surface area (Å²) in [6, 6.07) is 8.87. The first-order valence-electron chi connectivity index (χ1n) is 7.65. The molecular formula is C15H18N4O6. The summed E-state index contributed by atoms with van der Waals surface area (Å²) in [7, 11) is 0. The SMILES string of the molecule is CC(=O)c1nnn(C2OC(COc3ccccc3)C(O)C(O)C2O)n1. The number of carbonyl (C=O) groups is 1. The molecule has 134 valence electrons. The van der Waals surface area contributed by atoms with E-state index in [0.717, 1.165) is 4.80 Å². The van der Waals surface area contributed by atoms with Crippen LogP contribution in [-0.4, -0.2) is 72.3 Å². The van der Waals surface area contributed by atoms with Crippen LogP contribution in [0, 0.1) is 0 Å². The minimum Gasteiger partial charge on any atom is -0.491 e. The van der Waals surface area contributed by atoms with E-state index in [4.69, 9.17) is 9.47 Å². The smallest absolute Gasteiger partial charge is 0.240 e. The fourth-order valence-corrected chi connectivity index (χ4v) is 2.43. The van der Waals surface area contributed by atoms with E-state index in [2.05, 4.69) is 15.4 Å². The van der Waals surface area contributed by atoms with Crippen LogP contribution in [0.25, 0.3) is 0 Å². The first-order chi connectivity index (χ1) is 12.0. The average molecular weight is 350 g/mol. The maximum atomic E-state index is 11.3. The normalized spacial score (nSPS) is 29.4. The van der Waals surface area contributed by atoms with Crippen LogP contribution in [0.3, 0.4) is 0 Å². The number of tetrazole rings is 1. The molecule has 3 rings (SSSR count). The molecule has 5 atom stereocenters. The van der Waals surface area contributed by atoms with Crippen molar-refractivity contribution in [2.75, 3.05) is 6.61 Å². The molecule has 0 spiro atoms. The summed E-state index contributed by atoms with van der Waals surface area (Å²) in [6.07, 6.45) is -6.54. The maximum Gasteiger partial charge on any atom is 0.240 e. The van der Waals surface area contributed by atoms with E-state index in [1.807, 2.05) is 6.07 Å². The molecule has 0 bridgehead atoms. The summed E-state index contributed by atoms with van der Waals surface area (Å²) in [5, 5.41) is 41.3. The summed E-state index contributed by atoms with van der Waals surface area (Å²) >= 11 is 0. The zero-order valence-electron chi connectivity index (χ0n) is 13.3. The number of aromatic nitrogens is 4. The van der Waals surface area contributed by atoms with Crippen molar-refractivity contribution < 1.29 is 29.6 Å². The molecular weight excluding hydrogens is 332 g/mol. The first kappa shape index (κ1) is 17.4. The zero-order chi connectivity index (χ0) is 18.0. The van der Waals surface area contributed by atoms with Gasteiger partial charge in [0.05, 0.1) is 0 Å². The van der Waals surface area contributed by atoms with E-state index < -0.39 is 36.4 Å². The third kappa shape index (κ3) is 3.66. The molecule has 10 heteroatoms. The maximum absolute atomic E-state index is 11.3. The lowest BCUT2D eigenvalue weighted by Gasteiger charge is -2.39. The fraction of sp³-hybridized carbons (Fsp3) is 0.467. The molecule has 0 saturated carbocycles. The fourth-order valence-electron chi connectivity index (χ4n) is 2.43. The number of rotatable bonds is 5. The number of para-hydroxylation sites is 1. The third-order valence-corrected chi connectivity index (χ3v) is 3.82. The van der Waals surface area contributed by atoms with E-state index in [9.17, 15) is 20.1 Å². The van der Waals surface area contributed by atoms with Gasteiger partial charge in [-0.25, -0.2) is 0 Å². The summed E-state index contributed by atoms with van der Waals surface area (Å²) in [6.45, 7) is 1.20. The number of Topliss-reactive ketones (excluding diaryl/α,β-unsaturated/α-hetero) is 1. The van der Waals surface area contributed by atoms with Gasteiger partial charge in [0.15, 0.2) is 6.23 Å². The molecule has 1 aromatic carbocycles. The van der Waals surface area contributed by atoms with E-state index in [1.165, 1.54) is 6.92 Å². The van der Waals surface area contributed by atoms with Crippen LogP contribution >= 0.6 is 0 Å². The Balaban J connectivity index is 1.74. The summed E-state index contributed by atoms with van der Waals surface area (Å²) in [5.41, 5.74) is 0. The number of hydrogen-bond donors (Lipinski definition) is 3. The lowest BCUT2D eigenvalue weighted by Crippen LogP contribution is -2.57. The van der Waals surface area contributed by atoms with E-state index >= 15 is 0 Å². The van der Waals surface area contributed by atoms with Crippen molar-refractivity contribution in [3.8, 4) is 5.75 Å². The Labute approximate surface area is 142 Å². The number of nitrogens with zero attached hydrogens (tertiary/aromatic N) is 4. The van der Waals surface area contributed by atoms with Gasteiger partial charge in [-0.2, -0.15) is 0 Å². The third-order valence-electron chi connectivity index (χ3n) is 3.82. The second-order valence-electron chi connectivity index (χ2n) is 5.65. The molecule has 2 aromatic rings. The predicted molar refractivity (Wildman–Crippen MR) is 81.7 cm³/mol. The molecule has 5 unspecified atom stereocenters. The van der Waals surface area contributed by atoms with Crippen LogP contribution < -0.4 is 4.74 Å². The van der Waals surface area contributed by atoms with E-state index in [0.29, 0.717) is 5.75 Å². The topological polar surface area (TPSA) is 140 Å². The van der Waals surface area contributed by atoms with Crippen molar-refractivity contribution in [2.45, 2.75) is 37.6 Å². The molecule has 3 N–H and O–H groups in total. The van der Waals surface area contributed by atoms with E-state index in [1.54, 1.807) is 24.3 Å². The Morgan fingerprint density at radius 3 is 2.56 bits per heavy atom. The molecule has 0 aliphatic carbocycles. The van der Waals surface area contributed by atoms with Gasteiger partial charge in [0.25, 0.3) is 0 Å². The van der Waals surface area contributed by atoms with Crippen molar-refractivity contribution in [2.24, 2.45) is 0 Å². The highest BCUT2D eigenvalue weighted by molar-refractivity contribution is 5.89. The van der Waals surface area contributed by atoms with Crippen molar-refractivity contribution in [3.05, 3.63) is 36.2 Å². The minimum atomic E-state index is -1.50. The highest BCUT2D eigenvalue weighted by Gasteiger charge is 2.46. The number of carbonyl (C=O) groups excluding carboxylic acids is 1. The standard InChI is InChI=1S/C15H18N4O6/c1-8(20)14-16-18-19(17-14)15-13(23)12(22)11(21)10(25-15)7-24-9-5-3-2-4-6-9/h2-6,10-13,15,21-23H,7H2,1H3. The van der Waals surface area contributed by atoms with Crippen LogP contribution in [0.1, 0.15) is 23.8 Å². The Bertz CT molecular complexity index is 724. The van der Waals surface area contributed by atoms with Crippen LogP contribution in [0.5, 0.6) is 5.75 Å². The molecule has 25 heavy (non-hydrogen) atoms. The van der Waals surface area contributed by atoms with Crippen molar-refractivity contribution >= 4 is 5.78 Å². The molecule has 1 aliphatic rings. The van der Waals surface area contributed by atoms with Gasteiger partial charge in [-0.1, -0.05) is 18.2 Å². The Kier molecular flexibility index (Phi) is 5.04. The van der Waals surface area contributed by atoms with Crippen molar-refractivity contribution in [1.82, 2.24) is 20.2 Å². The molecule has 1 fully saturated rings. The number of ketones is 1. The van der Waals surface area contributed by atoms with Gasteiger partial charge in [-0.15, -0.1) is 15.0 Å². The lowest BCUT2D eigenvalue weighted by molar-refractivity contribution is -0.255. The van der Waals surface area contributed by atoms with Gasteiger partial charge >= 0.3 is 0 Å². The lowest BCUT2D eigenvalue weighted by atomic mass is 9.98. The molecule has 0 radical (unpaired) electrons. The second kappa shape index (κ2) is 7.23. The van der Waals surface area contributed by atoms with Crippen LogP contribution in [-0.2, 0) is 4.74 Å². The molecule has 1 aliphatic heterocycles. The molecule has 0 amide bonds. The Hall–Kier alpha value is -2.40. The van der Waals surface area contributed by atoms with Gasteiger partial charge in [0, 0.05) is 6.92 Å². The van der Waals surface area contributed by atoms with Gasteiger partial charge in [-0.3, -0.25) is 4.79 Å². The summed E-state index contributed by atoms with van der Waals surface area (Å²) < 4.78 is 11.1. The number of hydrogen-bond acceptors (Lipinski definition) is 9. The van der Waals surface area contributed by atoms with Crippen LogP contribution in [0.4, 0.5) is 0 Å². The van der Waals surface area contributed by atoms with Crippen molar-refractivity contribution in [3.63, 3.8) is 0 Å². The van der Waals surface area contributed by atoms with Crippen LogP contribution in [0.15, 0.2) is 30.3 Å². The monoisotopic (exact) mass is 350 g/mol. The number of ether oxygens (including phenoxy) is 2. The quantitative estimate of drug-likeness (QED) is 0.575. The zero-order valence-corrected chi connectivity index (χ0v) is 13.3. The van der Waals surface area contributed by atoms with Gasteiger partial charge < -0.3 is 24.8 Å². The van der Waals surface area contributed by atoms with Crippen molar-refractivity contribution in [1.29, 1.82) is 0 Å². The van der Waals surface area contributed by atoms with Gasteiger partial charge in [0.1, 0.15) is 36.8 Å². The Morgan fingerprint density at radius 2 is 1.92 bits per heavy atom. The van der Waals surface area contributed by atoms with Gasteiger partial charge in [0.2, 0.25) is 11.6 Å². The Morgan fingerprint density at radius 1 is 1.20 bits per heavy atom. The minimum absolute atomic E-state index is 0.0697. The van der Waals surface area contributed by atoms with E-state index in [-0.39, 0.29) is 12.4 Å². The van der Waals surface area contributed by atoms with Gasteiger partial charge in [-0.05, 0) is 17.3 Å². The molecule has 2 heterocycles. The summed E-state index contributed by atoms with van der Waals surface area (Å²) in [5.74, 6) is 0.0165. The molecule has 1 saturated heterocycles. The highest BCUT2D eigenvalue weighted by atomic mass is 16.6. The van der Waals surface area contributed by atoms with Crippen LogP contribution in [0.2, 0.25) is 0 Å². The largest absolute Gasteiger partial charge is 0.491 e.